The average molecular weight is 521 g/mol. The lowest BCUT2D eigenvalue weighted by Gasteiger charge is -2.28. The molecule has 3 nitrogen and oxygen atoms in total. The first-order chi connectivity index (χ1) is 18.2. The maximum absolute atomic E-state index is 13.2. The van der Waals surface area contributed by atoms with Crippen molar-refractivity contribution in [3.05, 3.63) is 114 Å². The Morgan fingerprint density at radius 3 is 1.45 bits per heavy atom. The van der Waals surface area contributed by atoms with Crippen molar-refractivity contribution < 1.29 is 13.0 Å². The lowest BCUT2D eigenvalue weighted by molar-refractivity contribution is 0.482. The Labute approximate surface area is 225 Å². The Bertz CT molecular complexity index is 1700. The molecule has 0 atom stereocenters. The number of hydrogen-bond donors (Lipinski definition) is 1. The number of benzene rings is 5. The monoisotopic (exact) mass is 520 g/mol. The highest BCUT2D eigenvalue weighted by Crippen LogP contribution is 2.50. The quantitative estimate of drug-likeness (QED) is 0.227. The van der Waals surface area contributed by atoms with E-state index in [9.17, 15) is 13.0 Å². The summed E-state index contributed by atoms with van der Waals surface area (Å²) < 4.78 is 37.0. The first-order valence-corrected chi connectivity index (χ1v) is 14.4. The van der Waals surface area contributed by atoms with Crippen LogP contribution in [-0.4, -0.2) is 13.0 Å². The smallest absolute Gasteiger partial charge is 0.282 e. The van der Waals surface area contributed by atoms with Gasteiger partial charge < -0.3 is 0 Å². The van der Waals surface area contributed by atoms with Gasteiger partial charge in [-0.05, 0) is 61.7 Å². The van der Waals surface area contributed by atoms with Crippen molar-refractivity contribution in [1.29, 1.82) is 0 Å². The summed E-state index contributed by atoms with van der Waals surface area (Å²) in [4.78, 5) is 0.0164. The van der Waals surface area contributed by atoms with Crippen LogP contribution in [0.1, 0.15) is 50.7 Å². The van der Waals surface area contributed by atoms with Crippen LogP contribution in [0.15, 0.2) is 108 Å². The van der Waals surface area contributed by atoms with Crippen LogP contribution in [0, 0.1) is 0 Å². The van der Waals surface area contributed by atoms with Crippen molar-refractivity contribution in [2.24, 2.45) is 0 Å². The summed E-state index contributed by atoms with van der Waals surface area (Å²) >= 11 is 0. The van der Waals surface area contributed by atoms with Crippen LogP contribution >= 0.6 is 0 Å². The minimum absolute atomic E-state index is 0.0107. The summed E-state index contributed by atoms with van der Waals surface area (Å²) in [5, 5.41) is 1.38. The molecule has 0 saturated heterocycles. The van der Waals surface area contributed by atoms with Gasteiger partial charge in [0, 0.05) is 5.39 Å². The molecule has 0 aliphatic rings. The first-order valence-electron chi connectivity index (χ1n) is 13.0. The Hall–Kier alpha value is -3.73. The molecule has 0 aliphatic heterocycles. The Balaban J connectivity index is 2.16. The Morgan fingerprint density at radius 1 is 0.553 bits per heavy atom. The van der Waals surface area contributed by atoms with Gasteiger partial charge in [0.1, 0.15) is 4.90 Å². The fourth-order valence-electron chi connectivity index (χ4n) is 5.71. The molecule has 5 aromatic rings. The highest BCUT2D eigenvalue weighted by atomic mass is 32.2. The van der Waals surface area contributed by atoms with E-state index >= 15 is 0 Å². The van der Waals surface area contributed by atoms with Gasteiger partial charge in [0.25, 0.3) is 10.1 Å². The van der Waals surface area contributed by atoms with Gasteiger partial charge in [-0.25, -0.2) is 0 Å². The molecule has 0 fully saturated rings. The van der Waals surface area contributed by atoms with Gasteiger partial charge in [0.2, 0.25) is 0 Å². The van der Waals surface area contributed by atoms with Gasteiger partial charge in [0.05, 0.1) is 0 Å². The lowest BCUT2D eigenvalue weighted by atomic mass is 9.78. The van der Waals surface area contributed by atoms with Crippen LogP contribution in [0.3, 0.4) is 0 Å². The fraction of sp³-hybridized carbons (Fsp3) is 0.176. The van der Waals surface area contributed by atoms with Gasteiger partial charge in [0.15, 0.2) is 0 Å². The highest BCUT2D eigenvalue weighted by Gasteiger charge is 2.31. The summed E-state index contributed by atoms with van der Waals surface area (Å²) in [5.41, 5.74) is 7.66. The Kier molecular flexibility index (Phi) is 6.95. The second-order valence-corrected chi connectivity index (χ2v) is 11.7. The van der Waals surface area contributed by atoms with Crippen LogP contribution < -0.4 is 0 Å². The van der Waals surface area contributed by atoms with E-state index in [0.29, 0.717) is 10.9 Å². The molecule has 1 N–H and O–H groups in total. The maximum atomic E-state index is 13.2. The molecule has 0 bridgehead atoms. The molecule has 0 unspecified atom stereocenters. The second-order valence-electron chi connectivity index (χ2n) is 10.3. The molecule has 192 valence electrons. The van der Waals surface area contributed by atoms with Crippen LogP contribution in [-0.2, 0) is 10.1 Å². The van der Waals surface area contributed by atoms with Crippen molar-refractivity contribution >= 4 is 20.9 Å². The van der Waals surface area contributed by atoms with Crippen LogP contribution in [0.25, 0.3) is 44.2 Å². The van der Waals surface area contributed by atoms with E-state index in [1.165, 1.54) is 0 Å². The van der Waals surface area contributed by atoms with Crippen LogP contribution in [0.2, 0.25) is 0 Å². The van der Waals surface area contributed by atoms with E-state index in [2.05, 4.69) is 50.2 Å². The molecule has 0 spiro atoms. The predicted octanol–water partition coefficient (Wildman–Crippen LogP) is 9.33. The Morgan fingerprint density at radius 2 is 1.00 bits per heavy atom. The lowest BCUT2D eigenvalue weighted by Crippen LogP contribution is -2.12. The number of fused-ring (bicyclic) bond motifs is 1. The van der Waals surface area contributed by atoms with Crippen LogP contribution in [0.4, 0.5) is 0 Å². The van der Waals surface area contributed by atoms with Gasteiger partial charge in [-0.3, -0.25) is 4.55 Å². The minimum Gasteiger partial charge on any atom is -0.282 e. The molecular weight excluding hydrogens is 488 g/mol. The zero-order chi connectivity index (χ0) is 27.0. The summed E-state index contributed by atoms with van der Waals surface area (Å²) in [6, 6.07) is 34.3. The molecule has 0 aliphatic carbocycles. The predicted molar refractivity (Wildman–Crippen MR) is 158 cm³/mol. The van der Waals surface area contributed by atoms with Gasteiger partial charge in [-0.1, -0.05) is 131 Å². The third-order valence-corrected chi connectivity index (χ3v) is 8.08. The van der Waals surface area contributed by atoms with E-state index in [0.717, 1.165) is 44.3 Å². The summed E-state index contributed by atoms with van der Waals surface area (Å²) in [6.45, 7) is 8.17. The second kappa shape index (κ2) is 10.2. The van der Waals surface area contributed by atoms with Gasteiger partial charge >= 0.3 is 0 Å². The van der Waals surface area contributed by atoms with Crippen molar-refractivity contribution in [1.82, 2.24) is 0 Å². The summed E-state index contributed by atoms with van der Waals surface area (Å²) in [5.74, 6) is -0.110. The molecule has 38 heavy (non-hydrogen) atoms. The summed E-state index contributed by atoms with van der Waals surface area (Å²) in [7, 11) is -4.54. The number of rotatable bonds is 6. The molecule has 0 radical (unpaired) electrons. The van der Waals surface area contributed by atoms with E-state index in [-0.39, 0.29) is 16.7 Å². The topological polar surface area (TPSA) is 54.4 Å². The third kappa shape index (κ3) is 4.55. The minimum atomic E-state index is -4.54. The van der Waals surface area contributed by atoms with E-state index in [4.69, 9.17) is 0 Å². The van der Waals surface area contributed by atoms with Gasteiger partial charge in [-0.15, -0.1) is 0 Å². The SMILES string of the molecule is CC(C)c1c(C(C)C)c(-c2ccccc2)c2c(-c3ccccc3)c(-c3ccccc3)ccc2c1S(=O)(=O)O. The molecule has 5 aromatic carbocycles. The van der Waals surface area contributed by atoms with E-state index < -0.39 is 10.1 Å². The largest absolute Gasteiger partial charge is 0.295 e. The molecular formula is C34H32O3S. The summed E-state index contributed by atoms with van der Waals surface area (Å²) in [6.07, 6.45) is 0. The average Bonchev–Trinajstić information content (AvgIpc) is 2.91. The molecule has 0 heterocycles. The molecule has 5 rings (SSSR count). The van der Waals surface area contributed by atoms with Crippen molar-refractivity contribution in [3.63, 3.8) is 0 Å². The van der Waals surface area contributed by atoms with Crippen molar-refractivity contribution in [2.75, 3.05) is 0 Å². The first kappa shape index (κ1) is 25.9. The zero-order valence-corrected chi connectivity index (χ0v) is 23.0. The van der Waals surface area contributed by atoms with Crippen molar-refractivity contribution in [2.45, 2.75) is 44.4 Å². The van der Waals surface area contributed by atoms with E-state index in [1.54, 1.807) is 0 Å². The molecule has 0 saturated carbocycles. The van der Waals surface area contributed by atoms with Crippen LogP contribution in [0.5, 0.6) is 0 Å². The molecule has 4 heteroatoms. The normalized spacial score (nSPS) is 12.0. The molecule has 0 amide bonds. The van der Waals surface area contributed by atoms with Gasteiger partial charge in [-0.2, -0.15) is 8.42 Å². The van der Waals surface area contributed by atoms with E-state index in [1.807, 2.05) is 80.6 Å². The molecule has 0 aromatic heterocycles. The fourth-order valence-corrected chi connectivity index (χ4v) is 6.78. The standard InChI is InChI=1S/C34H32O3S/c1-22(2)29-30(23(3)4)34(38(35,36)37)28-21-20-27(24-14-8-5-9-15-24)31(25-16-10-6-11-17-25)33(28)32(29)26-18-12-7-13-19-26/h5-23H,1-4H3,(H,35,36,37). The zero-order valence-electron chi connectivity index (χ0n) is 22.1. The maximum Gasteiger partial charge on any atom is 0.295 e. The van der Waals surface area contributed by atoms with Crippen molar-refractivity contribution in [3.8, 4) is 33.4 Å². The number of hydrogen-bond acceptors (Lipinski definition) is 2. The third-order valence-electron chi connectivity index (χ3n) is 7.13. The highest BCUT2D eigenvalue weighted by molar-refractivity contribution is 7.86.